The Hall–Kier alpha value is -2.61. The van der Waals surface area contributed by atoms with Crippen LogP contribution >= 0.6 is 0 Å². The van der Waals surface area contributed by atoms with Crippen molar-refractivity contribution in [2.75, 3.05) is 31.6 Å². The van der Waals surface area contributed by atoms with Gasteiger partial charge in [-0.15, -0.1) is 0 Å². The fourth-order valence-corrected chi connectivity index (χ4v) is 2.63. The molecule has 1 aliphatic heterocycles. The highest BCUT2D eigenvalue weighted by molar-refractivity contribution is 5.95. The number of rotatable bonds is 4. The van der Waals surface area contributed by atoms with Crippen molar-refractivity contribution in [1.29, 1.82) is 0 Å². The normalized spacial score (nSPS) is 17.8. The molecule has 0 aromatic carbocycles. The molecule has 1 N–H and O–H groups in total. The van der Waals surface area contributed by atoms with Crippen LogP contribution in [0.5, 0.6) is 0 Å². The van der Waals surface area contributed by atoms with Gasteiger partial charge in [0.05, 0.1) is 24.5 Å². The fraction of sp³-hybridized carbons (Fsp3) is 0.438. The first-order valence-electron chi connectivity index (χ1n) is 7.76. The van der Waals surface area contributed by atoms with E-state index < -0.39 is 0 Å². The Morgan fingerprint density at radius 2 is 2.33 bits per heavy atom. The molecule has 1 aliphatic rings. The van der Waals surface area contributed by atoms with Gasteiger partial charge in [0, 0.05) is 39.1 Å². The second kappa shape index (κ2) is 6.88. The molecule has 0 radical (unpaired) electrons. The van der Waals surface area contributed by atoms with E-state index in [4.69, 9.17) is 9.15 Å². The molecule has 3 rings (SSSR count). The lowest BCUT2D eigenvalue weighted by Gasteiger charge is -2.33. The minimum absolute atomic E-state index is 0.0664. The molecule has 2 aromatic heterocycles. The molecule has 128 valence electrons. The molecule has 1 fully saturated rings. The van der Waals surface area contributed by atoms with E-state index in [9.17, 15) is 9.59 Å². The lowest BCUT2D eigenvalue weighted by molar-refractivity contribution is -0.0150. The van der Waals surface area contributed by atoms with Crippen LogP contribution < -0.4 is 10.9 Å². The number of ether oxygens (including phenoxy) is 1. The highest BCUT2D eigenvalue weighted by Gasteiger charge is 2.26. The third-order valence-corrected chi connectivity index (χ3v) is 4.03. The van der Waals surface area contributed by atoms with E-state index in [1.807, 2.05) is 0 Å². The van der Waals surface area contributed by atoms with Gasteiger partial charge in [0.2, 0.25) is 0 Å². The molecule has 3 heterocycles. The fourth-order valence-electron chi connectivity index (χ4n) is 2.63. The molecule has 1 atom stereocenters. The summed E-state index contributed by atoms with van der Waals surface area (Å²) in [5.74, 6) is 0.819. The summed E-state index contributed by atoms with van der Waals surface area (Å²) in [4.78, 5) is 30.2. The average Bonchev–Trinajstić information content (AvgIpc) is 3.02. The van der Waals surface area contributed by atoms with Gasteiger partial charge in [0.15, 0.2) is 5.82 Å². The molecule has 0 spiro atoms. The number of carbonyl (C=O) groups is 1. The first kappa shape index (κ1) is 16.3. The molecule has 0 bridgehead atoms. The van der Waals surface area contributed by atoms with Gasteiger partial charge in [0.25, 0.3) is 11.5 Å². The van der Waals surface area contributed by atoms with E-state index in [2.05, 4.69) is 10.3 Å². The van der Waals surface area contributed by atoms with Crippen molar-refractivity contribution in [3.05, 3.63) is 46.4 Å². The summed E-state index contributed by atoms with van der Waals surface area (Å²) in [6.45, 7) is 3.61. The van der Waals surface area contributed by atoms with Crippen molar-refractivity contribution in [2.45, 2.75) is 13.0 Å². The molecule has 24 heavy (non-hydrogen) atoms. The lowest BCUT2D eigenvalue weighted by atomic mass is 10.2. The van der Waals surface area contributed by atoms with Gasteiger partial charge in [-0.3, -0.25) is 9.59 Å². The second-order valence-corrected chi connectivity index (χ2v) is 5.71. The number of nitrogens with one attached hydrogen (secondary N) is 1. The number of amides is 1. The van der Waals surface area contributed by atoms with Crippen molar-refractivity contribution in [3.63, 3.8) is 0 Å². The Balaban J connectivity index is 1.62. The van der Waals surface area contributed by atoms with Gasteiger partial charge < -0.3 is 23.9 Å². The van der Waals surface area contributed by atoms with Crippen LogP contribution in [0.4, 0.5) is 5.82 Å². The molecule has 0 unspecified atom stereocenters. The van der Waals surface area contributed by atoms with Gasteiger partial charge >= 0.3 is 0 Å². The number of hydrogen-bond donors (Lipinski definition) is 1. The molecular formula is C16H20N4O4. The van der Waals surface area contributed by atoms with Gasteiger partial charge in [-0.25, -0.2) is 4.98 Å². The maximum atomic E-state index is 12.5. The molecule has 1 saturated heterocycles. The van der Waals surface area contributed by atoms with E-state index in [-0.39, 0.29) is 23.4 Å². The molecule has 8 heteroatoms. The van der Waals surface area contributed by atoms with Crippen molar-refractivity contribution in [3.8, 4) is 0 Å². The Kier molecular flexibility index (Phi) is 4.66. The van der Waals surface area contributed by atoms with Gasteiger partial charge in [-0.1, -0.05) is 0 Å². The highest BCUT2D eigenvalue weighted by Crippen LogP contribution is 2.15. The quantitative estimate of drug-likeness (QED) is 0.883. The van der Waals surface area contributed by atoms with Crippen molar-refractivity contribution in [2.24, 2.45) is 7.05 Å². The summed E-state index contributed by atoms with van der Waals surface area (Å²) < 4.78 is 12.3. The largest absolute Gasteiger partial charge is 0.469 e. The van der Waals surface area contributed by atoms with E-state index in [1.54, 1.807) is 37.3 Å². The van der Waals surface area contributed by atoms with Gasteiger partial charge in [0.1, 0.15) is 5.76 Å². The number of nitrogens with zero attached hydrogens (tertiary/aromatic N) is 3. The topological polar surface area (TPSA) is 89.6 Å². The number of anilines is 1. The van der Waals surface area contributed by atoms with Crippen LogP contribution in [0, 0.1) is 6.92 Å². The summed E-state index contributed by atoms with van der Waals surface area (Å²) in [7, 11) is 1.67. The second-order valence-electron chi connectivity index (χ2n) is 5.71. The van der Waals surface area contributed by atoms with Crippen LogP contribution in [0.3, 0.4) is 0 Å². The monoisotopic (exact) mass is 332 g/mol. The number of carbonyl (C=O) groups excluding carboxylic acids is 1. The average molecular weight is 332 g/mol. The summed E-state index contributed by atoms with van der Waals surface area (Å²) in [5.41, 5.74) is 0.373. The van der Waals surface area contributed by atoms with Crippen molar-refractivity contribution >= 4 is 11.7 Å². The summed E-state index contributed by atoms with van der Waals surface area (Å²) in [5, 5.41) is 3.00. The van der Waals surface area contributed by atoms with E-state index in [0.29, 0.717) is 37.6 Å². The highest BCUT2D eigenvalue weighted by atomic mass is 16.5. The van der Waals surface area contributed by atoms with Crippen LogP contribution in [0.15, 0.2) is 33.9 Å². The van der Waals surface area contributed by atoms with Gasteiger partial charge in [-0.2, -0.15) is 0 Å². The number of aryl methyl sites for hydroxylation is 2. The Morgan fingerprint density at radius 1 is 1.50 bits per heavy atom. The number of furan rings is 1. The number of morpholine rings is 1. The van der Waals surface area contributed by atoms with E-state index >= 15 is 0 Å². The molecule has 8 nitrogen and oxygen atoms in total. The molecule has 2 aromatic rings. The number of aromatic nitrogens is 2. The molecular weight excluding hydrogens is 312 g/mol. The predicted octanol–water partition coefficient (Wildman–Crippen LogP) is 0.635. The zero-order valence-electron chi connectivity index (χ0n) is 13.7. The van der Waals surface area contributed by atoms with Crippen LogP contribution in [-0.4, -0.2) is 52.7 Å². The summed E-state index contributed by atoms with van der Waals surface area (Å²) in [6.07, 6.45) is 4.46. The van der Waals surface area contributed by atoms with Crippen LogP contribution in [0.2, 0.25) is 0 Å². The zero-order valence-corrected chi connectivity index (χ0v) is 13.7. The Morgan fingerprint density at radius 3 is 3.08 bits per heavy atom. The minimum atomic E-state index is -0.207. The summed E-state index contributed by atoms with van der Waals surface area (Å²) in [6, 6.07) is 1.68. The Labute approximate surface area is 139 Å². The first-order chi connectivity index (χ1) is 11.6. The van der Waals surface area contributed by atoms with Crippen molar-refractivity contribution < 1.29 is 13.9 Å². The predicted molar refractivity (Wildman–Crippen MR) is 87.1 cm³/mol. The SMILES string of the molecule is Cc1occc1C(=O)N1CCO[C@H](CNc2nccn(C)c2=O)C1. The summed E-state index contributed by atoms with van der Waals surface area (Å²) >= 11 is 0. The maximum absolute atomic E-state index is 12.5. The Bertz CT molecular complexity index is 782. The van der Waals surface area contributed by atoms with E-state index in [1.165, 1.54) is 10.8 Å². The lowest BCUT2D eigenvalue weighted by Crippen LogP contribution is -2.48. The van der Waals surface area contributed by atoms with Crippen LogP contribution in [0.25, 0.3) is 0 Å². The first-order valence-corrected chi connectivity index (χ1v) is 7.76. The smallest absolute Gasteiger partial charge is 0.293 e. The number of hydrogen-bond acceptors (Lipinski definition) is 6. The van der Waals surface area contributed by atoms with Crippen LogP contribution in [-0.2, 0) is 11.8 Å². The molecule has 1 amide bonds. The maximum Gasteiger partial charge on any atom is 0.293 e. The molecule has 0 saturated carbocycles. The molecule has 0 aliphatic carbocycles. The van der Waals surface area contributed by atoms with Gasteiger partial charge in [-0.05, 0) is 13.0 Å². The van der Waals surface area contributed by atoms with E-state index in [0.717, 1.165) is 0 Å². The standard InChI is InChI=1S/C16H20N4O4/c1-11-13(3-7-23-11)15(21)20-6-8-24-12(10-20)9-18-14-16(22)19(2)5-4-17-14/h3-5,7,12H,6,8-10H2,1-2H3,(H,17,18)/t12-/m1/s1. The van der Waals surface area contributed by atoms with Crippen molar-refractivity contribution in [1.82, 2.24) is 14.5 Å². The third kappa shape index (κ3) is 3.33. The minimum Gasteiger partial charge on any atom is -0.469 e. The van der Waals surface area contributed by atoms with Crippen LogP contribution in [0.1, 0.15) is 16.1 Å². The third-order valence-electron chi connectivity index (χ3n) is 4.03. The zero-order chi connectivity index (χ0) is 17.1.